The second-order valence-corrected chi connectivity index (χ2v) is 20.8. The predicted molar refractivity (Wildman–Crippen MR) is 110 cm³/mol. The molecule has 2 saturated carbocycles. The molecule has 3 atom stereocenters. The highest BCUT2D eigenvalue weighted by molar-refractivity contribution is 6.74. The zero-order chi connectivity index (χ0) is 18.6. The SMILES string of the molecule is CC(C)(C)[Si](C)(C)O[C@H]1CC[C@H]2CCC[C@]21O[Si](C)(C)C(C)(C)C. The van der Waals surface area contributed by atoms with E-state index in [9.17, 15) is 0 Å². The Labute approximate surface area is 153 Å². The molecule has 142 valence electrons. The first kappa shape index (κ1) is 20.7. The Morgan fingerprint density at radius 2 is 1.33 bits per heavy atom. The molecule has 0 spiro atoms. The molecule has 0 radical (unpaired) electrons. The summed E-state index contributed by atoms with van der Waals surface area (Å²) in [4.78, 5) is 0. The third-order valence-electron chi connectivity index (χ3n) is 7.63. The Kier molecular flexibility index (Phi) is 5.35. The van der Waals surface area contributed by atoms with Gasteiger partial charge in [0.2, 0.25) is 0 Å². The van der Waals surface area contributed by atoms with Crippen molar-refractivity contribution in [2.45, 2.75) is 122 Å². The van der Waals surface area contributed by atoms with Gasteiger partial charge >= 0.3 is 0 Å². The normalized spacial score (nSPS) is 32.2. The standard InChI is InChI=1S/C20H42O2Si2/c1-18(2,3)23(7,8)21-17-14-13-16-12-11-15-20(16,17)22-24(9,10)19(4,5)6/h16-17H,11-15H2,1-10H3/t16-,17+,20+/m1/s1. The van der Waals surface area contributed by atoms with Gasteiger partial charge < -0.3 is 8.85 Å². The van der Waals surface area contributed by atoms with Gasteiger partial charge in [0.15, 0.2) is 16.6 Å². The van der Waals surface area contributed by atoms with Gasteiger partial charge in [0, 0.05) is 0 Å². The van der Waals surface area contributed by atoms with E-state index in [4.69, 9.17) is 8.85 Å². The van der Waals surface area contributed by atoms with Crippen LogP contribution in [0.3, 0.4) is 0 Å². The maximum Gasteiger partial charge on any atom is 0.192 e. The summed E-state index contributed by atoms with van der Waals surface area (Å²) in [5, 5.41) is 0.529. The van der Waals surface area contributed by atoms with Gasteiger partial charge in [-0.3, -0.25) is 0 Å². The van der Waals surface area contributed by atoms with E-state index >= 15 is 0 Å². The van der Waals surface area contributed by atoms with E-state index in [1.165, 1.54) is 32.1 Å². The summed E-state index contributed by atoms with van der Waals surface area (Å²) >= 11 is 0. The van der Waals surface area contributed by atoms with Crippen molar-refractivity contribution in [2.24, 2.45) is 5.92 Å². The maximum atomic E-state index is 7.18. The lowest BCUT2D eigenvalue weighted by Gasteiger charge is -2.49. The van der Waals surface area contributed by atoms with E-state index in [0.29, 0.717) is 6.10 Å². The average Bonchev–Trinajstić information content (AvgIpc) is 2.86. The summed E-state index contributed by atoms with van der Waals surface area (Å²) in [6.07, 6.45) is 6.69. The van der Waals surface area contributed by atoms with E-state index in [1.807, 2.05) is 0 Å². The molecule has 2 aliphatic rings. The lowest BCUT2D eigenvalue weighted by Crippen LogP contribution is -2.57. The molecule has 4 heteroatoms. The molecular formula is C20H42O2Si2. The van der Waals surface area contributed by atoms with E-state index < -0.39 is 16.6 Å². The zero-order valence-electron chi connectivity index (χ0n) is 18.0. The van der Waals surface area contributed by atoms with Gasteiger partial charge in [-0.25, -0.2) is 0 Å². The molecule has 2 nitrogen and oxygen atoms in total. The van der Waals surface area contributed by atoms with Crippen molar-refractivity contribution >= 4 is 16.6 Å². The van der Waals surface area contributed by atoms with Crippen molar-refractivity contribution in [1.29, 1.82) is 0 Å². The first-order valence-electron chi connectivity index (χ1n) is 10.0. The molecule has 0 aliphatic heterocycles. The molecule has 2 aliphatic carbocycles. The molecule has 0 aromatic rings. The Hall–Kier alpha value is 0.354. The van der Waals surface area contributed by atoms with E-state index in [1.54, 1.807) is 0 Å². The molecule has 2 fully saturated rings. The molecule has 0 amide bonds. The van der Waals surface area contributed by atoms with Gasteiger partial charge in [-0.2, -0.15) is 0 Å². The number of hydrogen-bond donors (Lipinski definition) is 0. The molecule has 0 bridgehead atoms. The van der Waals surface area contributed by atoms with Crippen LogP contribution in [0.5, 0.6) is 0 Å². The fraction of sp³-hybridized carbons (Fsp3) is 1.00. The second kappa shape index (κ2) is 6.21. The van der Waals surface area contributed by atoms with Crippen LogP contribution in [0.15, 0.2) is 0 Å². The second-order valence-electron chi connectivity index (χ2n) is 11.4. The van der Waals surface area contributed by atoms with E-state index in [0.717, 1.165) is 5.92 Å². The fourth-order valence-electron chi connectivity index (χ4n) is 4.00. The van der Waals surface area contributed by atoms with Crippen LogP contribution in [0.1, 0.15) is 73.6 Å². The summed E-state index contributed by atoms with van der Waals surface area (Å²) < 4.78 is 14.2. The van der Waals surface area contributed by atoms with Crippen LogP contribution >= 0.6 is 0 Å². The van der Waals surface area contributed by atoms with Crippen LogP contribution in [-0.4, -0.2) is 28.3 Å². The van der Waals surface area contributed by atoms with Crippen LogP contribution in [-0.2, 0) is 8.85 Å². The Balaban J connectivity index is 2.29. The molecule has 0 N–H and O–H groups in total. The van der Waals surface area contributed by atoms with Crippen molar-refractivity contribution in [2.75, 3.05) is 0 Å². The third-order valence-corrected chi connectivity index (χ3v) is 16.6. The van der Waals surface area contributed by atoms with Crippen LogP contribution in [0, 0.1) is 5.92 Å². The molecule has 0 aromatic carbocycles. The van der Waals surface area contributed by atoms with Gasteiger partial charge in [-0.1, -0.05) is 48.0 Å². The van der Waals surface area contributed by atoms with E-state index in [-0.39, 0.29) is 15.7 Å². The molecular weight excluding hydrogens is 328 g/mol. The molecule has 0 aromatic heterocycles. The highest BCUT2D eigenvalue weighted by Crippen LogP contribution is 2.56. The molecule has 2 rings (SSSR count). The highest BCUT2D eigenvalue weighted by atomic mass is 28.4. The predicted octanol–water partition coefficient (Wildman–Crippen LogP) is 6.73. The van der Waals surface area contributed by atoms with Crippen molar-refractivity contribution in [3.63, 3.8) is 0 Å². The quantitative estimate of drug-likeness (QED) is 0.511. The third kappa shape index (κ3) is 3.58. The van der Waals surface area contributed by atoms with Crippen molar-refractivity contribution in [3.8, 4) is 0 Å². The molecule has 0 saturated heterocycles. The molecule has 24 heavy (non-hydrogen) atoms. The minimum Gasteiger partial charge on any atom is -0.411 e. The highest BCUT2D eigenvalue weighted by Gasteiger charge is 2.59. The van der Waals surface area contributed by atoms with Crippen molar-refractivity contribution in [1.82, 2.24) is 0 Å². The average molecular weight is 371 g/mol. The Morgan fingerprint density at radius 1 is 0.792 bits per heavy atom. The van der Waals surface area contributed by atoms with Crippen molar-refractivity contribution in [3.05, 3.63) is 0 Å². The first-order valence-corrected chi connectivity index (χ1v) is 15.8. The lowest BCUT2D eigenvalue weighted by atomic mass is 9.93. The number of hydrogen-bond acceptors (Lipinski definition) is 2. The largest absolute Gasteiger partial charge is 0.411 e. The summed E-state index contributed by atoms with van der Waals surface area (Å²) in [5.41, 5.74) is 0.0124. The number of rotatable bonds is 4. The maximum absolute atomic E-state index is 7.18. The smallest absolute Gasteiger partial charge is 0.192 e. The minimum atomic E-state index is -1.79. The summed E-state index contributed by atoms with van der Waals surface area (Å²) in [5.74, 6) is 0.724. The lowest BCUT2D eigenvalue weighted by molar-refractivity contribution is -0.0496. The fourth-order valence-corrected chi connectivity index (χ4v) is 7.04. The van der Waals surface area contributed by atoms with Gasteiger partial charge in [0.05, 0.1) is 11.7 Å². The van der Waals surface area contributed by atoms with Crippen LogP contribution in [0.4, 0.5) is 0 Å². The van der Waals surface area contributed by atoms with Crippen LogP contribution in [0.25, 0.3) is 0 Å². The minimum absolute atomic E-state index is 0.0124. The Bertz CT molecular complexity index is 459. The summed E-state index contributed by atoms with van der Waals surface area (Å²) in [7, 11) is -3.56. The van der Waals surface area contributed by atoms with Gasteiger partial charge in [-0.05, 0) is 67.9 Å². The van der Waals surface area contributed by atoms with Gasteiger partial charge in [0.25, 0.3) is 0 Å². The first-order chi connectivity index (χ1) is 10.6. The van der Waals surface area contributed by atoms with E-state index in [2.05, 4.69) is 67.7 Å². The molecule has 0 heterocycles. The summed E-state index contributed by atoms with van der Waals surface area (Å²) in [6, 6.07) is 0. The topological polar surface area (TPSA) is 18.5 Å². The summed E-state index contributed by atoms with van der Waals surface area (Å²) in [6.45, 7) is 23.8. The molecule has 0 unspecified atom stereocenters. The van der Waals surface area contributed by atoms with Crippen LogP contribution in [0.2, 0.25) is 36.3 Å². The van der Waals surface area contributed by atoms with Crippen LogP contribution < -0.4 is 0 Å². The van der Waals surface area contributed by atoms with Crippen molar-refractivity contribution < 1.29 is 8.85 Å². The zero-order valence-corrected chi connectivity index (χ0v) is 20.0. The van der Waals surface area contributed by atoms with Gasteiger partial charge in [-0.15, -0.1) is 0 Å². The monoisotopic (exact) mass is 370 g/mol. The Morgan fingerprint density at radius 3 is 1.83 bits per heavy atom. The van der Waals surface area contributed by atoms with Gasteiger partial charge in [0.1, 0.15) is 0 Å². The number of fused-ring (bicyclic) bond motifs is 1.